The van der Waals surface area contributed by atoms with E-state index in [2.05, 4.69) is 63.1 Å². The van der Waals surface area contributed by atoms with Crippen molar-refractivity contribution in [1.82, 2.24) is 24.8 Å². The van der Waals surface area contributed by atoms with Gasteiger partial charge in [0.25, 0.3) is 0 Å². The number of likely N-dealkylation sites (N-methyl/N-ethyl adjacent to an activating group) is 1. The molecule has 15 heteroatoms. The average molecular weight is 653 g/mol. The number of benzene rings is 1. The van der Waals surface area contributed by atoms with Crippen molar-refractivity contribution < 1.29 is 17.2 Å². The molecule has 2 saturated heterocycles. The van der Waals surface area contributed by atoms with Gasteiger partial charge in [0.1, 0.15) is 11.6 Å². The molecule has 3 aromatic rings. The number of halogens is 3. The summed E-state index contributed by atoms with van der Waals surface area (Å²) in [6, 6.07) is 5.52. The molecule has 2 aromatic heterocycles. The monoisotopic (exact) mass is 651 g/mol. The number of anilines is 6. The van der Waals surface area contributed by atoms with Crippen LogP contribution in [0, 0.1) is 11.6 Å². The van der Waals surface area contributed by atoms with Crippen molar-refractivity contribution >= 4 is 60.6 Å². The molecule has 11 nitrogen and oxygen atoms in total. The van der Waals surface area contributed by atoms with E-state index in [1.807, 2.05) is 4.90 Å². The first kappa shape index (κ1) is 29.4. The highest BCUT2D eigenvalue weighted by molar-refractivity contribution is 9.10. The molecule has 3 N–H and O–H groups in total. The maximum atomic E-state index is 15.2. The Morgan fingerprint density at radius 2 is 1.68 bits per heavy atom. The lowest BCUT2D eigenvalue weighted by Crippen LogP contribution is -2.52. The molecule has 41 heavy (non-hydrogen) atoms. The van der Waals surface area contributed by atoms with Crippen LogP contribution in [0.1, 0.15) is 12.8 Å². The van der Waals surface area contributed by atoms with Crippen molar-refractivity contribution in [3.05, 3.63) is 52.8 Å². The molecule has 2 aliphatic rings. The zero-order valence-electron chi connectivity index (χ0n) is 22.7. The zero-order chi connectivity index (χ0) is 29.1. The SMILES string of the molecule is CN1CCN(C2CCN(c3ncc(Nc4ncc(Br)c(Nc5ccc(F)cc5NS(C)(=O)=O)n4)cc3F)CC2)CC1. The third kappa shape index (κ3) is 7.58. The van der Waals surface area contributed by atoms with Gasteiger partial charge < -0.3 is 20.4 Å². The van der Waals surface area contributed by atoms with Gasteiger partial charge in [-0.3, -0.25) is 9.62 Å². The molecule has 0 amide bonds. The van der Waals surface area contributed by atoms with Crippen LogP contribution in [0.25, 0.3) is 0 Å². The number of rotatable bonds is 8. The molecule has 5 rings (SSSR count). The third-order valence-corrected chi connectivity index (χ3v) is 8.34. The normalized spacial score (nSPS) is 17.4. The van der Waals surface area contributed by atoms with Gasteiger partial charge in [-0.15, -0.1) is 0 Å². The predicted octanol–water partition coefficient (Wildman–Crippen LogP) is 3.99. The second kappa shape index (κ2) is 12.4. The molecule has 0 aliphatic carbocycles. The lowest BCUT2D eigenvalue weighted by atomic mass is 10.0. The number of hydrogen-bond donors (Lipinski definition) is 3. The number of aromatic nitrogens is 3. The molecule has 0 atom stereocenters. The fourth-order valence-electron chi connectivity index (χ4n) is 5.04. The third-order valence-electron chi connectivity index (χ3n) is 7.17. The standard InChI is InChI=1S/C26H32BrF2N9O2S/c1-36-9-11-37(12-10-36)19-5-7-38(8-6-19)25-21(29)14-18(15-30-25)32-26-31-16-20(27)24(34-26)33-22-4-3-17(28)13-23(22)35-41(2,39)40/h3-4,13-16,19,35H,5-12H2,1-2H3,(H2,31,32,33,34). The van der Waals surface area contributed by atoms with Gasteiger partial charge in [-0.05, 0) is 48.0 Å². The Balaban J connectivity index is 1.25. The Morgan fingerprint density at radius 3 is 2.37 bits per heavy atom. The summed E-state index contributed by atoms with van der Waals surface area (Å²) in [5, 5.41) is 5.93. The van der Waals surface area contributed by atoms with Crippen molar-refractivity contribution in [2.75, 3.05) is 72.8 Å². The number of piperidine rings is 1. The van der Waals surface area contributed by atoms with Crippen LogP contribution in [0.5, 0.6) is 0 Å². The van der Waals surface area contributed by atoms with Crippen LogP contribution in [0.4, 0.5) is 43.4 Å². The second-order valence-electron chi connectivity index (χ2n) is 10.3. The summed E-state index contributed by atoms with van der Waals surface area (Å²) in [4.78, 5) is 19.9. The summed E-state index contributed by atoms with van der Waals surface area (Å²) in [5.74, 6) is -0.292. The summed E-state index contributed by atoms with van der Waals surface area (Å²) < 4.78 is 55.2. The Hall–Kier alpha value is -3.14. The van der Waals surface area contributed by atoms with E-state index in [0.29, 0.717) is 22.0 Å². The summed E-state index contributed by atoms with van der Waals surface area (Å²) in [6.07, 6.45) is 5.94. The highest BCUT2D eigenvalue weighted by Crippen LogP contribution is 2.31. The minimum absolute atomic E-state index is 0.0157. The lowest BCUT2D eigenvalue weighted by molar-refractivity contribution is 0.0980. The largest absolute Gasteiger partial charge is 0.354 e. The van der Waals surface area contributed by atoms with Crippen molar-refractivity contribution in [3.63, 3.8) is 0 Å². The van der Waals surface area contributed by atoms with Crippen LogP contribution in [0.3, 0.4) is 0 Å². The van der Waals surface area contributed by atoms with Gasteiger partial charge in [0.15, 0.2) is 11.6 Å². The number of pyridine rings is 1. The Morgan fingerprint density at radius 1 is 0.951 bits per heavy atom. The molecule has 2 fully saturated rings. The van der Waals surface area contributed by atoms with Crippen molar-refractivity contribution in [2.45, 2.75) is 18.9 Å². The fourth-order valence-corrected chi connectivity index (χ4v) is 5.90. The summed E-state index contributed by atoms with van der Waals surface area (Å²) >= 11 is 3.36. The quantitative estimate of drug-likeness (QED) is 0.330. The van der Waals surface area contributed by atoms with Crippen LogP contribution < -0.4 is 20.3 Å². The summed E-state index contributed by atoms with van der Waals surface area (Å²) in [5.41, 5.74) is 0.658. The molecule has 0 saturated carbocycles. The first-order chi connectivity index (χ1) is 19.5. The maximum Gasteiger partial charge on any atom is 0.229 e. The first-order valence-corrected chi connectivity index (χ1v) is 15.9. The van der Waals surface area contributed by atoms with Gasteiger partial charge in [0.2, 0.25) is 16.0 Å². The second-order valence-corrected chi connectivity index (χ2v) is 12.9. The van der Waals surface area contributed by atoms with Crippen LogP contribution in [0.15, 0.2) is 41.1 Å². The molecule has 4 heterocycles. The molecule has 220 valence electrons. The lowest BCUT2D eigenvalue weighted by Gasteiger charge is -2.42. The summed E-state index contributed by atoms with van der Waals surface area (Å²) in [7, 11) is -1.51. The minimum atomic E-state index is -3.66. The Labute approximate surface area is 246 Å². The Kier molecular flexibility index (Phi) is 8.87. The van der Waals surface area contributed by atoms with Crippen molar-refractivity contribution in [2.24, 2.45) is 0 Å². The number of nitrogens with zero attached hydrogens (tertiary/aromatic N) is 6. The van der Waals surface area contributed by atoms with Crippen LogP contribution >= 0.6 is 15.9 Å². The highest BCUT2D eigenvalue weighted by atomic mass is 79.9. The molecular weight excluding hydrogens is 620 g/mol. The van der Waals surface area contributed by atoms with E-state index >= 15 is 4.39 Å². The number of nitrogens with one attached hydrogen (secondary N) is 3. The van der Waals surface area contributed by atoms with Crippen molar-refractivity contribution in [3.8, 4) is 0 Å². The van der Waals surface area contributed by atoms with Gasteiger partial charge in [-0.2, -0.15) is 4.98 Å². The first-order valence-electron chi connectivity index (χ1n) is 13.2. The van der Waals surface area contributed by atoms with E-state index in [4.69, 9.17) is 0 Å². The smallest absolute Gasteiger partial charge is 0.229 e. The van der Waals surface area contributed by atoms with Crippen LogP contribution in [-0.2, 0) is 10.0 Å². The van der Waals surface area contributed by atoms with E-state index in [1.54, 1.807) is 0 Å². The van der Waals surface area contributed by atoms with Gasteiger partial charge in [0.05, 0.1) is 34.0 Å². The minimum Gasteiger partial charge on any atom is -0.354 e. The molecule has 0 radical (unpaired) electrons. The number of hydrogen-bond acceptors (Lipinski definition) is 10. The predicted molar refractivity (Wildman–Crippen MR) is 160 cm³/mol. The highest BCUT2D eigenvalue weighted by Gasteiger charge is 2.28. The van der Waals surface area contributed by atoms with E-state index < -0.39 is 21.7 Å². The van der Waals surface area contributed by atoms with E-state index in [0.717, 1.165) is 64.4 Å². The van der Waals surface area contributed by atoms with Crippen molar-refractivity contribution in [1.29, 1.82) is 0 Å². The van der Waals surface area contributed by atoms with Crippen LogP contribution in [0.2, 0.25) is 0 Å². The molecule has 2 aliphatic heterocycles. The zero-order valence-corrected chi connectivity index (χ0v) is 25.1. The molecule has 1 aromatic carbocycles. The van der Waals surface area contributed by atoms with Gasteiger partial charge >= 0.3 is 0 Å². The van der Waals surface area contributed by atoms with Crippen LogP contribution in [-0.4, -0.2) is 91.8 Å². The topological polar surface area (TPSA) is 119 Å². The van der Waals surface area contributed by atoms with E-state index in [9.17, 15) is 12.8 Å². The molecule has 0 spiro atoms. The van der Waals surface area contributed by atoms with Gasteiger partial charge in [-0.1, -0.05) is 0 Å². The molecule has 0 unspecified atom stereocenters. The Bertz CT molecular complexity index is 1500. The van der Waals surface area contributed by atoms with E-state index in [-0.39, 0.29) is 23.1 Å². The molecular formula is C26H32BrF2N9O2S. The van der Waals surface area contributed by atoms with Gasteiger partial charge in [-0.25, -0.2) is 27.2 Å². The number of piperazine rings is 1. The van der Waals surface area contributed by atoms with Gasteiger partial charge in [0, 0.05) is 63.6 Å². The summed E-state index contributed by atoms with van der Waals surface area (Å²) in [6.45, 7) is 5.81. The van der Waals surface area contributed by atoms with E-state index in [1.165, 1.54) is 30.6 Å². The number of sulfonamides is 1. The maximum absolute atomic E-state index is 15.2. The fraction of sp³-hybridized carbons (Fsp3) is 0.423. The molecule has 0 bridgehead atoms. The average Bonchev–Trinajstić information content (AvgIpc) is 2.92.